The first-order valence-electron chi connectivity index (χ1n) is 10.3. The second-order valence-corrected chi connectivity index (χ2v) is 7.73. The molecule has 0 bridgehead atoms. The first-order valence-corrected chi connectivity index (χ1v) is 10.3. The molecule has 0 N–H and O–H groups in total. The van der Waals surface area contributed by atoms with E-state index in [0.717, 1.165) is 37.2 Å². The molecular formula is C26H28F2. The van der Waals surface area contributed by atoms with E-state index in [1.807, 2.05) is 30.3 Å². The highest BCUT2D eigenvalue weighted by Crippen LogP contribution is 2.30. The summed E-state index contributed by atoms with van der Waals surface area (Å²) < 4.78 is 29.1. The van der Waals surface area contributed by atoms with E-state index in [4.69, 9.17) is 0 Å². The number of benzene rings is 2. The maximum absolute atomic E-state index is 14.6. The number of halogens is 2. The molecule has 0 heterocycles. The van der Waals surface area contributed by atoms with Crippen molar-refractivity contribution in [2.75, 3.05) is 0 Å². The van der Waals surface area contributed by atoms with Crippen LogP contribution in [0.3, 0.4) is 0 Å². The molecule has 1 aliphatic carbocycles. The molecule has 1 aliphatic rings. The van der Waals surface area contributed by atoms with Crippen molar-refractivity contribution in [2.24, 2.45) is 11.8 Å². The first kappa shape index (κ1) is 20.3. The summed E-state index contributed by atoms with van der Waals surface area (Å²) in [5, 5.41) is 0. The fourth-order valence-electron chi connectivity index (χ4n) is 3.88. The lowest BCUT2D eigenvalue weighted by atomic mass is 9.81. The third-order valence-electron chi connectivity index (χ3n) is 5.79. The van der Waals surface area contributed by atoms with E-state index in [-0.39, 0.29) is 11.5 Å². The minimum Gasteiger partial charge on any atom is -0.205 e. The molecule has 0 nitrogen and oxygen atoms in total. The minimum absolute atomic E-state index is 0.107. The highest BCUT2D eigenvalue weighted by atomic mass is 19.1. The maximum atomic E-state index is 14.6. The highest BCUT2D eigenvalue weighted by Gasteiger charge is 2.18. The Hall–Kier alpha value is -2.40. The van der Waals surface area contributed by atoms with Crippen LogP contribution < -0.4 is 0 Å². The third-order valence-corrected chi connectivity index (χ3v) is 5.79. The minimum atomic E-state index is -0.583. The van der Waals surface area contributed by atoms with E-state index in [0.29, 0.717) is 5.56 Å². The highest BCUT2D eigenvalue weighted by molar-refractivity contribution is 5.65. The van der Waals surface area contributed by atoms with E-state index in [2.05, 4.69) is 25.3 Å². The second-order valence-electron chi connectivity index (χ2n) is 7.73. The van der Waals surface area contributed by atoms with Gasteiger partial charge in [-0.25, -0.2) is 8.78 Å². The van der Waals surface area contributed by atoms with Crippen LogP contribution in [0, 0.1) is 35.3 Å². The predicted molar refractivity (Wildman–Crippen MR) is 113 cm³/mol. The molecule has 0 spiro atoms. The lowest BCUT2D eigenvalue weighted by Crippen LogP contribution is -2.12. The molecule has 1 fully saturated rings. The molecule has 2 aromatic carbocycles. The zero-order valence-electron chi connectivity index (χ0n) is 16.6. The number of allylic oxidation sites excluding steroid dienone is 1. The van der Waals surface area contributed by atoms with Gasteiger partial charge in [-0.1, -0.05) is 55.5 Å². The molecule has 0 radical (unpaired) electrons. The second kappa shape index (κ2) is 9.69. The molecule has 0 aliphatic heterocycles. The third kappa shape index (κ3) is 5.10. The van der Waals surface area contributed by atoms with Gasteiger partial charge in [-0.3, -0.25) is 0 Å². The van der Waals surface area contributed by atoms with Crippen molar-refractivity contribution >= 4 is 0 Å². The molecule has 1 saturated carbocycles. The van der Waals surface area contributed by atoms with Crippen molar-refractivity contribution in [3.8, 4) is 23.0 Å². The van der Waals surface area contributed by atoms with E-state index in [1.165, 1.54) is 37.0 Å². The SMILES string of the molecule is C=CCCc1ccc(-c2cc(F)c(C#C[C@H]3CC[C@H](CC)CC3)c(F)c2)cc1. The van der Waals surface area contributed by atoms with E-state index < -0.39 is 11.6 Å². The Kier molecular flexibility index (Phi) is 7.04. The van der Waals surface area contributed by atoms with Gasteiger partial charge in [0.05, 0.1) is 5.56 Å². The van der Waals surface area contributed by atoms with Gasteiger partial charge < -0.3 is 0 Å². The average Bonchev–Trinajstić information content (AvgIpc) is 2.72. The Balaban J connectivity index is 1.74. The first-order chi connectivity index (χ1) is 13.6. The largest absolute Gasteiger partial charge is 0.205 e. The zero-order chi connectivity index (χ0) is 19.9. The molecule has 3 rings (SSSR count). The number of hydrogen-bond donors (Lipinski definition) is 0. The summed E-state index contributed by atoms with van der Waals surface area (Å²) in [6.45, 7) is 5.95. The molecule has 2 heteroatoms. The summed E-state index contributed by atoms with van der Waals surface area (Å²) in [6, 6.07) is 10.6. The monoisotopic (exact) mass is 378 g/mol. The topological polar surface area (TPSA) is 0 Å². The van der Waals surface area contributed by atoms with Crippen molar-refractivity contribution in [1.82, 2.24) is 0 Å². The van der Waals surface area contributed by atoms with Crippen molar-refractivity contribution in [3.63, 3.8) is 0 Å². The normalized spacial score (nSPS) is 19.0. The molecular weight excluding hydrogens is 350 g/mol. The van der Waals surface area contributed by atoms with Crippen LogP contribution in [0.5, 0.6) is 0 Å². The van der Waals surface area contributed by atoms with Gasteiger partial charge in [0.1, 0.15) is 11.6 Å². The van der Waals surface area contributed by atoms with Crippen molar-refractivity contribution in [3.05, 3.63) is 71.8 Å². The molecule has 0 atom stereocenters. The Morgan fingerprint density at radius 2 is 1.64 bits per heavy atom. The summed E-state index contributed by atoms with van der Waals surface area (Å²) >= 11 is 0. The van der Waals surface area contributed by atoms with Gasteiger partial charge in [-0.05, 0) is 73.3 Å². The van der Waals surface area contributed by atoms with E-state index in [1.54, 1.807) is 0 Å². The molecule has 0 amide bonds. The van der Waals surface area contributed by atoms with Crippen LogP contribution in [0.25, 0.3) is 11.1 Å². The molecule has 28 heavy (non-hydrogen) atoms. The van der Waals surface area contributed by atoms with Crippen LogP contribution in [0.2, 0.25) is 0 Å². The number of aryl methyl sites for hydroxylation is 1. The van der Waals surface area contributed by atoms with Gasteiger partial charge in [0.2, 0.25) is 0 Å². The van der Waals surface area contributed by atoms with Crippen molar-refractivity contribution < 1.29 is 8.78 Å². The quantitative estimate of drug-likeness (QED) is 0.378. The molecule has 0 saturated heterocycles. The van der Waals surface area contributed by atoms with Crippen LogP contribution in [-0.2, 0) is 6.42 Å². The molecule has 146 valence electrons. The van der Waals surface area contributed by atoms with Gasteiger partial charge in [-0.15, -0.1) is 6.58 Å². The maximum Gasteiger partial charge on any atom is 0.142 e. The summed E-state index contributed by atoms with van der Waals surface area (Å²) in [5.74, 6) is 5.77. The van der Waals surface area contributed by atoms with Crippen LogP contribution in [0.1, 0.15) is 56.6 Å². The lowest BCUT2D eigenvalue weighted by Gasteiger charge is -2.24. The molecule has 2 aromatic rings. The lowest BCUT2D eigenvalue weighted by molar-refractivity contribution is 0.309. The Morgan fingerprint density at radius 3 is 2.21 bits per heavy atom. The molecule has 0 unspecified atom stereocenters. The summed E-state index contributed by atoms with van der Waals surface area (Å²) in [4.78, 5) is 0. The summed E-state index contributed by atoms with van der Waals surface area (Å²) in [7, 11) is 0. The van der Waals surface area contributed by atoms with Gasteiger partial charge >= 0.3 is 0 Å². The predicted octanol–water partition coefficient (Wildman–Crippen LogP) is 7.32. The fourth-order valence-corrected chi connectivity index (χ4v) is 3.88. The van der Waals surface area contributed by atoms with Crippen LogP contribution in [-0.4, -0.2) is 0 Å². The Bertz CT molecular complexity index is 837. The zero-order valence-corrected chi connectivity index (χ0v) is 16.6. The van der Waals surface area contributed by atoms with Crippen molar-refractivity contribution in [1.29, 1.82) is 0 Å². The standard InChI is InChI=1S/C26H28F2/c1-3-5-6-20-11-14-22(15-12-20)23-17-25(27)24(26(28)18-23)16-13-21-9-7-19(4-2)8-10-21/h3,11-12,14-15,17-19,21H,1,4-10H2,2H3/t19-,21-. The van der Waals surface area contributed by atoms with Gasteiger partial charge in [-0.2, -0.15) is 0 Å². The fraction of sp³-hybridized carbons (Fsp3) is 0.385. The van der Waals surface area contributed by atoms with Crippen molar-refractivity contribution in [2.45, 2.75) is 51.9 Å². The summed E-state index contributed by atoms with van der Waals surface area (Å²) in [6.07, 6.45) is 9.33. The van der Waals surface area contributed by atoms with E-state index in [9.17, 15) is 8.78 Å². The Morgan fingerprint density at radius 1 is 1.00 bits per heavy atom. The van der Waals surface area contributed by atoms with Crippen LogP contribution in [0.15, 0.2) is 49.1 Å². The summed E-state index contributed by atoms with van der Waals surface area (Å²) in [5.41, 5.74) is 2.42. The smallest absolute Gasteiger partial charge is 0.142 e. The Labute approximate surface area is 167 Å². The van der Waals surface area contributed by atoms with Crippen LogP contribution >= 0.6 is 0 Å². The van der Waals surface area contributed by atoms with Gasteiger partial charge in [0, 0.05) is 5.92 Å². The number of hydrogen-bond acceptors (Lipinski definition) is 0. The average molecular weight is 379 g/mol. The number of rotatable bonds is 5. The van der Waals surface area contributed by atoms with E-state index >= 15 is 0 Å². The van der Waals surface area contributed by atoms with Crippen LogP contribution in [0.4, 0.5) is 8.78 Å². The van der Waals surface area contributed by atoms with Gasteiger partial charge in [0.25, 0.3) is 0 Å². The molecule has 0 aromatic heterocycles. The van der Waals surface area contributed by atoms with Gasteiger partial charge in [0.15, 0.2) is 0 Å².